The number of piperidine rings is 1. The summed E-state index contributed by atoms with van der Waals surface area (Å²) in [5.74, 6) is 1.47. The van der Waals surface area contributed by atoms with Gasteiger partial charge in [0.05, 0.1) is 19.3 Å². The highest BCUT2D eigenvalue weighted by Gasteiger charge is 2.21. The maximum Gasteiger partial charge on any atom is 0.320 e. The van der Waals surface area contributed by atoms with Crippen molar-refractivity contribution >= 4 is 46.1 Å². The first-order chi connectivity index (χ1) is 15.6. The van der Waals surface area contributed by atoms with Crippen LogP contribution in [0.5, 0.6) is 0 Å². The van der Waals surface area contributed by atoms with Gasteiger partial charge in [-0.15, -0.1) is 0 Å². The smallest absolute Gasteiger partial charge is 0.320 e. The zero-order valence-electron chi connectivity index (χ0n) is 17.9. The van der Waals surface area contributed by atoms with Crippen LogP contribution < -0.4 is 10.6 Å². The number of aromatic nitrogens is 4. The maximum atomic E-state index is 11.7. The molecule has 2 aromatic heterocycles. The van der Waals surface area contributed by atoms with Gasteiger partial charge in [0.25, 0.3) is 0 Å². The third-order valence-electron chi connectivity index (χ3n) is 5.38. The summed E-state index contributed by atoms with van der Waals surface area (Å²) in [5, 5.41) is 7.24. The second-order valence-electron chi connectivity index (χ2n) is 7.69. The molecule has 3 heterocycles. The Hall–Kier alpha value is -3.04. The van der Waals surface area contributed by atoms with Gasteiger partial charge < -0.3 is 15.4 Å². The first kappa shape index (κ1) is 22.2. The van der Waals surface area contributed by atoms with Crippen LogP contribution in [-0.2, 0) is 9.53 Å². The molecule has 0 unspecified atom stereocenters. The Morgan fingerprint density at radius 2 is 2.09 bits per heavy atom. The van der Waals surface area contributed by atoms with Crippen molar-refractivity contribution in [1.29, 1.82) is 0 Å². The molecule has 1 aliphatic rings. The Balaban J connectivity index is 1.36. The van der Waals surface area contributed by atoms with Crippen molar-refractivity contribution in [2.45, 2.75) is 19.8 Å². The molecule has 9 nitrogen and oxygen atoms in total. The molecular formula is C22H26ClN7O2. The van der Waals surface area contributed by atoms with Crippen molar-refractivity contribution in [2.75, 3.05) is 43.4 Å². The summed E-state index contributed by atoms with van der Waals surface area (Å²) in [6.07, 6.45) is 5.18. The minimum absolute atomic E-state index is 0.155. The molecule has 1 aromatic carbocycles. The molecule has 1 saturated heterocycles. The van der Waals surface area contributed by atoms with Gasteiger partial charge in [0, 0.05) is 17.3 Å². The van der Waals surface area contributed by atoms with Crippen LogP contribution in [0.3, 0.4) is 0 Å². The number of carbonyl (C=O) groups excluding carboxylic acids is 1. The van der Waals surface area contributed by atoms with Gasteiger partial charge in [0.1, 0.15) is 17.4 Å². The van der Waals surface area contributed by atoms with Crippen molar-refractivity contribution < 1.29 is 9.53 Å². The summed E-state index contributed by atoms with van der Waals surface area (Å²) in [7, 11) is 0. The van der Waals surface area contributed by atoms with Crippen molar-refractivity contribution in [2.24, 2.45) is 5.92 Å². The van der Waals surface area contributed by atoms with E-state index >= 15 is 0 Å². The molecule has 0 radical (unpaired) electrons. The van der Waals surface area contributed by atoms with E-state index in [9.17, 15) is 4.79 Å². The first-order valence-corrected chi connectivity index (χ1v) is 11.1. The number of hydrogen-bond donors (Lipinski definition) is 2. The van der Waals surface area contributed by atoms with Crippen LogP contribution in [0, 0.1) is 5.92 Å². The molecule has 0 bridgehead atoms. The number of nitrogens with zero attached hydrogens (tertiary/aromatic N) is 5. The molecule has 1 fully saturated rings. The molecule has 168 valence electrons. The second-order valence-corrected chi connectivity index (χ2v) is 8.13. The Morgan fingerprint density at radius 1 is 1.25 bits per heavy atom. The van der Waals surface area contributed by atoms with Crippen molar-refractivity contribution in [3.63, 3.8) is 0 Å². The standard InChI is InChI=1S/C22H26ClN7O2/c1-2-32-19(31)13-30-8-6-15(7-9-30)11-24-22-25-12-18-20(29-22)21(27-14-26-18)28-17-5-3-4-16(23)10-17/h3-5,10,12,14-15H,2,6-9,11,13H2,1H3,(H,24,25,29)(H,26,27,28). The van der Waals surface area contributed by atoms with Crippen molar-refractivity contribution in [1.82, 2.24) is 24.8 Å². The number of fused-ring (bicyclic) bond motifs is 1. The SMILES string of the molecule is CCOC(=O)CN1CCC(CNc2ncc3ncnc(Nc4cccc(Cl)c4)c3n2)CC1. The lowest BCUT2D eigenvalue weighted by Crippen LogP contribution is -2.39. The highest BCUT2D eigenvalue weighted by Crippen LogP contribution is 2.24. The summed E-state index contributed by atoms with van der Waals surface area (Å²) >= 11 is 6.08. The Kier molecular flexibility index (Phi) is 7.28. The van der Waals surface area contributed by atoms with Gasteiger partial charge in [0.2, 0.25) is 5.95 Å². The molecule has 10 heteroatoms. The summed E-state index contributed by atoms with van der Waals surface area (Å²) in [6.45, 7) is 5.14. The number of anilines is 3. The van der Waals surface area contributed by atoms with E-state index in [0.717, 1.165) is 38.2 Å². The average Bonchev–Trinajstić information content (AvgIpc) is 2.79. The van der Waals surface area contributed by atoms with Gasteiger partial charge in [-0.05, 0) is 57.0 Å². The van der Waals surface area contributed by atoms with Gasteiger partial charge in [-0.2, -0.15) is 0 Å². The highest BCUT2D eigenvalue weighted by molar-refractivity contribution is 6.30. The van der Waals surface area contributed by atoms with Gasteiger partial charge in [-0.3, -0.25) is 9.69 Å². The predicted octanol–water partition coefficient (Wildman–Crippen LogP) is 3.50. The number of nitrogens with one attached hydrogen (secondary N) is 2. The number of rotatable bonds is 8. The third-order valence-corrected chi connectivity index (χ3v) is 5.61. The predicted molar refractivity (Wildman–Crippen MR) is 124 cm³/mol. The fourth-order valence-corrected chi connectivity index (χ4v) is 3.90. The van der Waals surface area contributed by atoms with Crippen molar-refractivity contribution in [3.8, 4) is 0 Å². The van der Waals surface area contributed by atoms with Crippen LogP contribution in [0.4, 0.5) is 17.5 Å². The third kappa shape index (κ3) is 5.80. The van der Waals surface area contributed by atoms with Crippen LogP contribution in [0.2, 0.25) is 5.02 Å². The van der Waals surface area contributed by atoms with E-state index in [1.807, 2.05) is 31.2 Å². The molecule has 2 N–H and O–H groups in total. The zero-order chi connectivity index (χ0) is 22.3. The molecule has 0 aliphatic carbocycles. The van der Waals surface area contributed by atoms with Gasteiger partial charge in [-0.1, -0.05) is 17.7 Å². The summed E-state index contributed by atoms with van der Waals surface area (Å²) in [5.41, 5.74) is 2.11. The number of carbonyl (C=O) groups is 1. The molecule has 0 atom stereocenters. The summed E-state index contributed by atoms with van der Waals surface area (Å²) in [4.78, 5) is 31.4. The highest BCUT2D eigenvalue weighted by atomic mass is 35.5. The number of halogens is 1. The maximum absolute atomic E-state index is 11.7. The molecule has 4 rings (SSSR count). The first-order valence-electron chi connectivity index (χ1n) is 10.7. The van der Waals surface area contributed by atoms with Crippen LogP contribution in [-0.4, -0.2) is 63.6 Å². The minimum atomic E-state index is -0.155. The van der Waals surface area contributed by atoms with Gasteiger partial charge in [-0.25, -0.2) is 19.9 Å². The molecule has 3 aromatic rings. The fourth-order valence-electron chi connectivity index (χ4n) is 3.71. The Bertz CT molecular complexity index is 1070. The van der Waals surface area contributed by atoms with Crippen molar-refractivity contribution in [3.05, 3.63) is 41.8 Å². The van der Waals surface area contributed by atoms with Crippen LogP contribution in [0.1, 0.15) is 19.8 Å². The number of ether oxygens (including phenoxy) is 1. The van der Waals surface area contributed by atoms with E-state index in [2.05, 4.69) is 35.5 Å². The number of esters is 1. The van der Waals surface area contributed by atoms with Gasteiger partial charge >= 0.3 is 5.97 Å². The van der Waals surface area contributed by atoms with Crippen LogP contribution >= 0.6 is 11.6 Å². The molecule has 1 aliphatic heterocycles. The normalized spacial score (nSPS) is 14.9. The lowest BCUT2D eigenvalue weighted by Gasteiger charge is -2.31. The largest absolute Gasteiger partial charge is 0.465 e. The Morgan fingerprint density at radius 3 is 2.88 bits per heavy atom. The lowest BCUT2D eigenvalue weighted by molar-refractivity contribution is -0.144. The number of likely N-dealkylation sites (tertiary alicyclic amines) is 1. The quantitative estimate of drug-likeness (QED) is 0.493. The van der Waals surface area contributed by atoms with E-state index in [0.29, 0.717) is 46.9 Å². The summed E-state index contributed by atoms with van der Waals surface area (Å²) < 4.78 is 5.03. The fraction of sp³-hybridized carbons (Fsp3) is 0.409. The van der Waals surface area contributed by atoms with Crippen LogP contribution in [0.25, 0.3) is 11.0 Å². The molecule has 0 saturated carbocycles. The van der Waals surface area contributed by atoms with E-state index in [1.165, 1.54) is 6.33 Å². The number of benzene rings is 1. The second kappa shape index (κ2) is 10.5. The number of hydrogen-bond acceptors (Lipinski definition) is 9. The monoisotopic (exact) mass is 455 g/mol. The Labute approximate surface area is 191 Å². The average molecular weight is 456 g/mol. The van der Waals surface area contributed by atoms with Gasteiger partial charge in [0.15, 0.2) is 5.82 Å². The van der Waals surface area contributed by atoms with E-state index in [4.69, 9.17) is 16.3 Å². The zero-order valence-corrected chi connectivity index (χ0v) is 18.7. The molecule has 0 spiro atoms. The topological polar surface area (TPSA) is 105 Å². The van der Waals surface area contributed by atoms with E-state index in [-0.39, 0.29) is 5.97 Å². The molecule has 32 heavy (non-hydrogen) atoms. The van der Waals surface area contributed by atoms with E-state index in [1.54, 1.807) is 6.20 Å². The molecule has 0 amide bonds. The minimum Gasteiger partial charge on any atom is -0.465 e. The lowest BCUT2D eigenvalue weighted by atomic mass is 9.97. The molecular weight excluding hydrogens is 430 g/mol. The van der Waals surface area contributed by atoms with Crippen LogP contribution in [0.15, 0.2) is 36.8 Å². The summed E-state index contributed by atoms with van der Waals surface area (Å²) in [6, 6.07) is 7.42. The van der Waals surface area contributed by atoms with E-state index < -0.39 is 0 Å².